The molecular weight excluding hydrogens is 311 g/mol. The van der Waals surface area contributed by atoms with E-state index in [1.54, 1.807) is 0 Å². The van der Waals surface area contributed by atoms with E-state index in [0.717, 1.165) is 12.1 Å². The maximum Gasteiger partial charge on any atom is 0.417 e. The van der Waals surface area contributed by atoms with E-state index < -0.39 is 17.7 Å². The summed E-state index contributed by atoms with van der Waals surface area (Å²) in [5.41, 5.74) is -0.582. The van der Waals surface area contributed by atoms with E-state index in [1.165, 1.54) is 23.7 Å². The van der Waals surface area contributed by atoms with Gasteiger partial charge in [0.05, 0.1) is 11.4 Å². The van der Waals surface area contributed by atoms with Crippen molar-refractivity contribution in [2.45, 2.75) is 6.18 Å². The number of benzene rings is 1. The van der Waals surface area contributed by atoms with Crippen LogP contribution in [0.5, 0.6) is 0 Å². The van der Waals surface area contributed by atoms with Crippen LogP contribution in [0.15, 0.2) is 24.3 Å². The molecule has 0 saturated heterocycles. The third kappa shape index (κ3) is 3.14. The van der Waals surface area contributed by atoms with Crippen LogP contribution in [0, 0.1) is 0 Å². The Hall–Kier alpha value is -1.73. The molecule has 0 unspecified atom stereocenters. The Bertz CT molecular complexity index is 666. The fraction of sp³-hybridized carbons (Fsp3) is 0.308. The Morgan fingerprint density at radius 3 is 2.71 bits per heavy atom. The molecule has 0 spiro atoms. The molecule has 0 saturated carbocycles. The molecule has 4 nitrogen and oxygen atoms in total. The molecule has 0 radical (unpaired) electrons. The van der Waals surface area contributed by atoms with Crippen molar-refractivity contribution in [3.05, 3.63) is 35.5 Å². The van der Waals surface area contributed by atoms with Crippen LogP contribution in [0.1, 0.15) is 16.1 Å². The second-order valence-electron chi connectivity index (χ2n) is 4.21. The van der Waals surface area contributed by atoms with Crippen molar-refractivity contribution in [3.63, 3.8) is 0 Å². The van der Waals surface area contributed by atoms with Crippen LogP contribution in [0.3, 0.4) is 0 Å². The molecule has 1 heterocycles. The van der Waals surface area contributed by atoms with E-state index >= 15 is 0 Å². The molecule has 0 fully saturated rings. The largest absolute Gasteiger partial charge is 0.417 e. The fourth-order valence-corrected chi connectivity index (χ4v) is 2.04. The second kappa shape index (κ2) is 5.95. The van der Waals surface area contributed by atoms with E-state index in [9.17, 15) is 18.0 Å². The van der Waals surface area contributed by atoms with Crippen molar-refractivity contribution >= 4 is 28.5 Å². The molecule has 0 amide bonds. The van der Waals surface area contributed by atoms with E-state index in [0.29, 0.717) is 0 Å². The zero-order valence-corrected chi connectivity index (χ0v) is 11.7. The predicted octanol–water partition coefficient (Wildman–Crippen LogP) is 3.52. The maximum absolute atomic E-state index is 12.9. The molecule has 1 aromatic heterocycles. The summed E-state index contributed by atoms with van der Waals surface area (Å²) in [4.78, 5) is 20.8. The molecule has 0 bridgehead atoms. The van der Waals surface area contributed by atoms with Crippen LogP contribution in [0.4, 0.5) is 13.2 Å². The zero-order chi connectivity index (χ0) is 15.6. The van der Waals surface area contributed by atoms with Crippen LogP contribution in [0.25, 0.3) is 10.9 Å². The number of nitrogens with zero attached hydrogens (tertiary/aromatic N) is 1. The lowest BCUT2D eigenvalue weighted by molar-refractivity contribution is -0.236. The van der Waals surface area contributed by atoms with Gasteiger partial charge in [-0.3, -0.25) is 4.89 Å². The standard InChI is InChI=1S/C13H11ClF3NO3/c1-18-10-4-2-3-9(13(15,16)17)8(10)7-11(18)12(19)21-20-6-5-14/h2-4,7H,5-6H2,1H3. The normalized spacial score (nSPS) is 11.9. The average Bonchev–Trinajstić information content (AvgIpc) is 2.75. The van der Waals surface area contributed by atoms with Gasteiger partial charge in [0.2, 0.25) is 0 Å². The van der Waals surface area contributed by atoms with Gasteiger partial charge in [0.15, 0.2) is 0 Å². The smallest absolute Gasteiger partial charge is 0.338 e. The third-order valence-electron chi connectivity index (χ3n) is 2.90. The summed E-state index contributed by atoms with van der Waals surface area (Å²) in [6.07, 6.45) is -4.50. The number of hydrogen-bond acceptors (Lipinski definition) is 3. The van der Waals surface area contributed by atoms with Gasteiger partial charge in [-0.05, 0) is 18.2 Å². The molecule has 0 aliphatic heterocycles. The van der Waals surface area contributed by atoms with Crippen molar-refractivity contribution in [2.24, 2.45) is 7.05 Å². The lowest BCUT2D eigenvalue weighted by atomic mass is 10.1. The molecule has 0 N–H and O–H groups in total. The molecule has 1 aromatic carbocycles. The quantitative estimate of drug-likeness (QED) is 0.374. The summed E-state index contributed by atoms with van der Waals surface area (Å²) in [6, 6.07) is 4.86. The first-order chi connectivity index (χ1) is 9.86. The zero-order valence-electron chi connectivity index (χ0n) is 10.9. The Labute approximate surface area is 122 Å². The minimum absolute atomic E-state index is 0.00889. The van der Waals surface area contributed by atoms with Crippen molar-refractivity contribution in [3.8, 4) is 0 Å². The molecule has 21 heavy (non-hydrogen) atoms. The molecule has 2 aromatic rings. The summed E-state index contributed by atoms with van der Waals surface area (Å²) in [5.74, 6) is -0.757. The number of fused-ring (bicyclic) bond motifs is 1. The minimum atomic E-state index is -4.50. The highest BCUT2D eigenvalue weighted by Gasteiger charge is 2.33. The average molecular weight is 322 g/mol. The van der Waals surface area contributed by atoms with Crippen molar-refractivity contribution in [1.82, 2.24) is 4.57 Å². The van der Waals surface area contributed by atoms with E-state index in [-0.39, 0.29) is 29.1 Å². The van der Waals surface area contributed by atoms with Crippen LogP contribution < -0.4 is 0 Å². The highest BCUT2D eigenvalue weighted by molar-refractivity contribution is 6.17. The molecule has 0 aliphatic rings. The van der Waals surface area contributed by atoms with Gasteiger partial charge in [0.1, 0.15) is 12.3 Å². The first-order valence-electron chi connectivity index (χ1n) is 5.91. The minimum Gasteiger partial charge on any atom is -0.338 e. The number of alkyl halides is 4. The van der Waals surface area contributed by atoms with Crippen molar-refractivity contribution < 1.29 is 27.7 Å². The number of halogens is 4. The van der Waals surface area contributed by atoms with Gasteiger partial charge < -0.3 is 4.57 Å². The molecular formula is C13H11ClF3NO3. The topological polar surface area (TPSA) is 40.5 Å². The lowest BCUT2D eigenvalue weighted by Crippen LogP contribution is -2.11. The van der Waals surface area contributed by atoms with E-state index in [4.69, 9.17) is 11.6 Å². The molecule has 114 valence electrons. The molecule has 2 rings (SSSR count). The highest BCUT2D eigenvalue weighted by Crippen LogP contribution is 2.35. The summed E-state index contributed by atoms with van der Waals surface area (Å²) >= 11 is 5.35. The predicted molar refractivity (Wildman–Crippen MR) is 70.0 cm³/mol. The van der Waals surface area contributed by atoms with Gasteiger partial charge in [0, 0.05) is 18.0 Å². The van der Waals surface area contributed by atoms with Gasteiger partial charge >= 0.3 is 12.1 Å². The van der Waals surface area contributed by atoms with Crippen LogP contribution in [-0.4, -0.2) is 23.0 Å². The Balaban J connectivity index is 2.43. The summed E-state index contributed by atoms with van der Waals surface area (Å²) < 4.78 is 40.1. The van der Waals surface area contributed by atoms with Gasteiger partial charge in [-0.25, -0.2) is 4.79 Å². The highest BCUT2D eigenvalue weighted by atomic mass is 35.5. The van der Waals surface area contributed by atoms with Crippen molar-refractivity contribution in [1.29, 1.82) is 0 Å². The molecule has 0 atom stereocenters. The maximum atomic E-state index is 12.9. The van der Waals surface area contributed by atoms with Gasteiger partial charge in [-0.2, -0.15) is 18.1 Å². The number of aryl methyl sites for hydroxylation is 1. The van der Waals surface area contributed by atoms with Crippen LogP contribution in [-0.2, 0) is 23.0 Å². The van der Waals surface area contributed by atoms with E-state index in [2.05, 4.69) is 9.78 Å². The fourth-order valence-electron chi connectivity index (χ4n) is 1.97. The number of carbonyl (C=O) groups excluding carboxylic acids is 1. The number of carbonyl (C=O) groups is 1. The number of hydrogen-bond donors (Lipinski definition) is 0. The van der Waals surface area contributed by atoms with Gasteiger partial charge in [-0.15, -0.1) is 11.6 Å². The van der Waals surface area contributed by atoms with E-state index in [1.807, 2.05) is 0 Å². The Morgan fingerprint density at radius 2 is 2.10 bits per heavy atom. The SMILES string of the molecule is Cn1c(C(=O)OOCCCl)cc2c(C(F)(F)F)cccc21. The first-order valence-corrected chi connectivity index (χ1v) is 6.45. The van der Waals surface area contributed by atoms with Gasteiger partial charge in [-0.1, -0.05) is 6.07 Å². The molecule has 8 heteroatoms. The first kappa shape index (κ1) is 15.7. The monoisotopic (exact) mass is 321 g/mol. The lowest BCUT2D eigenvalue weighted by Gasteiger charge is -2.07. The van der Waals surface area contributed by atoms with Gasteiger partial charge in [0.25, 0.3) is 0 Å². The van der Waals surface area contributed by atoms with Crippen LogP contribution >= 0.6 is 11.6 Å². The summed E-state index contributed by atoms with van der Waals surface area (Å²) in [7, 11) is 1.47. The number of rotatable bonds is 4. The van der Waals surface area contributed by atoms with Crippen molar-refractivity contribution in [2.75, 3.05) is 12.5 Å². The second-order valence-corrected chi connectivity index (χ2v) is 4.58. The summed E-state index contributed by atoms with van der Waals surface area (Å²) in [5, 5.41) is -0.0724. The number of aromatic nitrogens is 1. The summed E-state index contributed by atoms with van der Waals surface area (Å²) in [6.45, 7) is -0.00889. The van der Waals surface area contributed by atoms with Crippen LogP contribution in [0.2, 0.25) is 0 Å². The Kier molecular flexibility index (Phi) is 4.43. The third-order valence-corrected chi connectivity index (χ3v) is 3.05. The Morgan fingerprint density at radius 1 is 1.38 bits per heavy atom. The molecule has 0 aliphatic carbocycles.